The van der Waals surface area contributed by atoms with Gasteiger partial charge < -0.3 is 19.5 Å². The predicted octanol–water partition coefficient (Wildman–Crippen LogP) is 6.70. The molecule has 4 rings (SSSR count). The number of nitrogens with zero attached hydrogens (tertiary/aromatic N) is 1. The van der Waals surface area contributed by atoms with Crippen molar-refractivity contribution < 1.29 is 19.0 Å². The first-order valence-electron chi connectivity index (χ1n) is 12.1. The number of hydrogen-bond acceptors (Lipinski definition) is 5. The summed E-state index contributed by atoms with van der Waals surface area (Å²) in [4.78, 5) is 12.7. The second-order valence-electron chi connectivity index (χ2n) is 8.39. The lowest BCUT2D eigenvalue weighted by molar-refractivity contribution is -0.117. The van der Waals surface area contributed by atoms with Crippen LogP contribution >= 0.6 is 11.6 Å². The van der Waals surface area contributed by atoms with Gasteiger partial charge in [0.1, 0.15) is 24.0 Å². The average Bonchev–Trinajstić information content (AvgIpc) is 2.94. The molecule has 0 unspecified atom stereocenters. The zero-order chi connectivity index (χ0) is 26.9. The Morgan fingerprint density at radius 2 is 1.79 bits per heavy atom. The van der Waals surface area contributed by atoms with E-state index in [1.165, 1.54) is 6.08 Å². The Bertz CT molecular complexity index is 1500. The number of carbonyl (C=O) groups excluding carboxylic acids is 1. The standard InChI is InChI=1S/C31H27ClN2O4/c1-3-37-29-17-22(15-25(18-33)31(35)34-19-21-11-13-26(36-2)14-12-21)16-28(32)30(29)38-20-24-9-6-8-23-7-4-5-10-27(23)24/h4-17H,3,19-20H2,1-2H3,(H,34,35)/b25-15-. The molecule has 0 heterocycles. The largest absolute Gasteiger partial charge is 0.497 e. The van der Waals surface area contributed by atoms with Crippen LogP contribution in [0.4, 0.5) is 0 Å². The molecule has 0 aliphatic rings. The molecular weight excluding hydrogens is 500 g/mol. The number of amides is 1. The number of halogens is 1. The van der Waals surface area contributed by atoms with E-state index in [1.807, 2.05) is 61.5 Å². The van der Waals surface area contributed by atoms with Gasteiger partial charge in [-0.05, 0) is 64.7 Å². The van der Waals surface area contributed by atoms with Crippen molar-refractivity contribution in [3.8, 4) is 23.3 Å². The minimum atomic E-state index is -0.492. The van der Waals surface area contributed by atoms with Crippen molar-refractivity contribution in [2.45, 2.75) is 20.1 Å². The van der Waals surface area contributed by atoms with Gasteiger partial charge >= 0.3 is 0 Å². The van der Waals surface area contributed by atoms with Gasteiger partial charge in [0.2, 0.25) is 0 Å². The van der Waals surface area contributed by atoms with E-state index in [0.29, 0.717) is 35.3 Å². The Morgan fingerprint density at radius 1 is 1.03 bits per heavy atom. The van der Waals surface area contributed by atoms with Gasteiger partial charge in [-0.3, -0.25) is 4.79 Å². The van der Waals surface area contributed by atoms with Gasteiger partial charge in [-0.25, -0.2) is 0 Å². The fraction of sp³-hybridized carbons (Fsp3) is 0.161. The van der Waals surface area contributed by atoms with E-state index in [2.05, 4.69) is 23.5 Å². The van der Waals surface area contributed by atoms with Crippen molar-refractivity contribution >= 4 is 34.4 Å². The van der Waals surface area contributed by atoms with Crippen LogP contribution in [0.5, 0.6) is 17.2 Å². The highest BCUT2D eigenvalue weighted by Crippen LogP contribution is 2.38. The second-order valence-corrected chi connectivity index (χ2v) is 8.80. The maximum Gasteiger partial charge on any atom is 0.262 e. The summed E-state index contributed by atoms with van der Waals surface area (Å²) in [5.41, 5.74) is 2.39. The highest BCUT2D eigenvalue weighted by molar-refractivity contribution is 6.32. The molecule has 38 heavy (non-hydrogen) atoms. The third-order valence-electron chi connectivity index (χ3n) is 5.87. The molecule has 7 heteroatoms. The number of fused-ring (bicyclic) bond motifs is 1. The van der Waals surface area contributed by atoms with Gasteiger partial charge in [-0.1, -0.05) is 66.2 Å². The summed E-state index contributed by atoms with van der Waals surface area (Å²) in [7, 11) is 1.59. The van der Waals surface area contributed by atoms with Crippen LogP contribution in [-0.4, -0.2) is 19.6 Å². The summed E-state index contributed by atoms with van der Waals surface area (Å²) in [6.07, 6.45) is 1.48. The monoisotopic (exact) mass is 526 g/mol. The van der Waals surface area contributed by atoms with Crippen LogP contribution in [-0.2, 0) is 17.9 Å². The zero-order valence-electron chi connectivity index (χ0n) is 21.2. The Labute approximate surface area is 227 Å². The van der Waals surface area contributed by atoms with Gasteiger partial charge in [-0.15, -0.1) is 0 Å². The first-order chi connectivity index (χ1) is 18.5. The lowest BCUT2D eigenvalue weighted by atomic mass is 10.1. The third-order valence-corrected chi connectivity index (χ3v) is 6.15. The SMILES string of the molecule is CCOc1cc(/C=C(/C#N)C(=O)NCc2ccc(OC)cc2)cc(Cl)c1OCc1cccc2ccccc12. The molecule has 0 aliphatic heterocycles. The molecule has 0 bridgehead atoms. The number of rotatable bonds is 10. The number of benzene rings is 4. The number of methoxy groups -OCH3 is 1. The molecule has 0 fully saturated rings. The van der Waals surface area contributed by atoms with E-state index in [0.717, 1.165) is 27.6 Å². The molecule has 0 radical (unpaired) electrons. The number of hydrogen-bond donors (Lipinski definition) is 1. The molecule has 0 atom stereocenters. The molecule has 1 amide bonds. The topological polar surface area (TPSA) is 80.6 Å². The molecule has 4 aromatic rings. The number of nitriles is 1. The van der Waals surface area contributed by atoms with Gasteiger partial charge in [-0.2, -0.15) is 5.26 Å². The zero-order valence-corrected chi connectivity index (χ0v) is 21.9. The number of nitrogens with one attached hydrogen (secondary N) is 1. The summed E-state index contributed by atoms with van der Waals surface area (Å²) in [6.45, 7) is 2.82. The highest BCUT2D eigenvalue weighted by atomic mass is 35.5. The van der Waals surface area contributed by atoms with Crippen LogP contribution in [0.3, 0.4) is 0 Å². The van der Waals surface area contributed by atoms with Crippen LogP contribution in [0.25, 0.3) is 16.8 Å². The fourth-order valence-electron chi connectivity index (χ4n) is 3.98. The molecule has 0 aliphatic carbocycles. The number of carbonyl (C=O) groups is 1. The second kappa shape index (κ2) is 12.7. The molecule has 0 aromatic heterocycles. The van der Waals surface area contributed by atoms with Crippen LogP contribution in [0.2, 0.25) is 5.02 Å². The van der Waals surface area contributed by atoms with Crippen LogP contribution in [0.15, 0.2) is 84.4 Å². The minimum Gasteiger partial charge on any atom is -0.497 e. The first-order valence-corrected chi connectivity index (χ1v) is 12.5. The molecular formula is C31H27ClN2O4. The average molecular weight is 527 g/mol. The van der Waals surface area contributed by atoms with E-state index < -0.39 is 5.91 Å². The van der Waals surface area contributed by atoms with Crippen LogP contribution in [0, 0.1) is 11.3 Å². The maximum atomic E-state index is 12.7. The molecule has 192 valence electrons. The Hall–Kier alpha value is -4.47. The van der Waals surface area contributed by atoms with Gasteiger partial charge in [0, 0.05) is 6.54 Å². The van der Waals surface area contributed by atoms with Crippen molar-refractivity contribution in [1.82, 2.24) is 5.32 Å². The number of ether oxygens (including phenoxy) is 3. The van der Waals surface area contributed by atoms with E-state index in [4.69, 9.17) is 25.8 Å². The van der Waals surface area contributed by atoms with Crippen LogP contribution < -0.4 is 19.5 Å². The molecule has 0 saturated carbocycles. The highest BCUT2D eigenvalue weighted by Gasteiger charge is 2.15. The van der Waals surface area contributed by atoms with Crippen molar-refractivity contribution in [3.05, 3.63) is 106 Å². The lowest BCUT2D eigenvalue weighted by Crippen LogP contribution is -2.23. The quantitative estimate of drug-likeness (QED) is 0.184. The summed E-state index contributed by atoms with van der Waals surface area (Å²) in [6, 6.07) is 26.8. The molecule has 0 spiro atoms. The van der Waals surface area contributed by atoms with E-state index in [1.54, 1.807) is 19.2 Å². The van der Waals surface area contributed by atoms with E-state index in [9.17, 15) is 10.1 Å². The van der Waals surface area contributed by atoms with Gasteiger partial charge in [0.15, 0.2) is 11.5 Å². The maximum absolute atomic E-state index is 12.7. The van der Waals surface area contributed by atoms with Gasteiger partial charge in [0.25, 0.3) is 5.91 Å². The smallest absolute Gasteiger partial charge is 0.262 e. The summed E-state index contributed by atoms with van der Waals surface area (Å²) in [5, 5.41) is 14.9. The molecule has 1 N–H and O–H groups in total. The normalized spacial score (nSPS) is 11.1. The molecule has 6 nitrogen and oxygen atoms in total. The van der Waals surface area contributed by atoms with E-state index in [-0.39, 0.29) is 12.1 Å². The first kappa shape index (κ1) is 26.6. The summed E-state index contributed by atoms with van der Waals surface area (Å²) >= 11 is 6.60. The van der Waals surface area contributed by atoms with Crippen molar-refractivity contribution in [1.29, 1.82) is 5.26 Å². The van der Waals surface area contributed by atoms with Crippen molar-refractivity contribution in [3.63, 3.8) is 0 Å². The predicted molar refractivity (Wildman–Crippen MR) is 149 cm³/mol. The minimum absolute atomic E-state index is 0.0542. The van der Waals surface area contributed by atoms with Crippen molar-refractivity contribution in [2.24, 2.45) is 0 Å². The Kier molecular flexibility index (Phi) is 8.86. The molecule has 0 saturated heterocycles. The Morgan fingerprint density at radius 3 is 2.53 bits per heavy atom. The lowest BCUT2D eigenvalue weighted by Gasteiger charge is -2.15. The van der Waals surface area contributed by atoms with Crippen LogP contribution in [0.1, 0.15) is 23.6 Å². The third kappa shape index (κ3) is 6.44. The summed E-state index contributed by atoms with van der Waals surface area (Å²) in [5.74, 6) is 1.07. The Balaban J connectivity index is 1.52. The fourth-order valence-corrected chi connectivity index (χ4v) is 4.25. The molecule has 4 aromatic carbocycles. The summed E-state index contributed by atoms with van der Waals surface area (Å²) < 4.78 is 17.1. The van der Waals surface area contributed by atoms with E-state index >= 15 is 0 Å². The van der Waals surface area contributed by atoms with Crippen molar-refractivity contribution in [2.75, 3.05) is 13.7 Å². The van der Waals surface area contributed by atoms with Gasteiger partial charge in [0.05, 0.1) is 18.7 Å².